The third-order valence-electron chi connectivity index (χ3n) is 6.82. The number of rotatable bonds is 7. The van der Waals surface area contributed by atoms with Gasteiger partial charge in [-0.3, -0.25) is 14.2 Å². The number of benzene rings is 2. The number of amides is 1. The summed E-state index contributed by atoms with van der Waals surface area (Å²) in [5.41, 5.74) is 2.04. The van der Waals surface area contributed by atoms with Crippen LogP contribution in [0.15, 0.2) is 73.1 Å². The van der Waals surface area contributed by atoms with Crippen molar-refractivity contribution in [1.29, 1.82) is 0 Å². The number of nitrogens with zero attached hydrogens (tertiary/aromatic N) is 4. The Morgan fingerprint density at radius 3 is 2.44 bits per heavy atom. The maximum absolute atomic E-state index is 14.0. The zero-order valence-corrected chi connectivity index (χ0v) is 25.4. The third kappa shape index (κ3) is 5.02. The van der Waals surface area contributed by atoms with Crippen LogP contribution in [0.2, 0.25) is 0 Å². The number of esters is 1. The van der Waals surface area contributed by atoms with Gasteiger partial charge in [-0.25, -0.2) is 9.79 Å². The Morgan fingerprint density at radius 2 is 1.78 bits per heavy atom. The molecule has 0 radical (unpaired) electrons. The van der Waals surface area contributed by atoms with Crippen LogP contribution in [0.5, 0.6) is 11.5 Å². The van der Waals surface area contributed by atoms with Crippen LogP contribution in [0.1, 0.15) is 32.4 Å². The Hall–Kier alpha value is -4.03. The first-order valence-electron chi connectivity index (χ1n) is 12.7. The number of carbonyl (C=O) groups is 2. The van der Waals surface area contributed by atoms with Crippen molar-refractivity contribution < 1.29 is 23.8 Å². The second-order valence-electron chi connectivity index (χ2n) is 9.26. The standard InChI is InChI=1S/C29H27BrN4O6S/c1-6-40-28(37)24-16(3)31-29-33(25(24)19-12-21(38-4)22(39-5)14-20(19)30)27(36)23(41-29)13-18-15(2)32-34(26(18)35)17-10-8-7-9-11-17/h7-14,18,25H,6H2,1-5H3/b23-13+/t18-,25-/m0/s1. The summed E-state index contributed by atoms with van der Waals surface area (Å²) in [6, 6.07) is 11.7. The first-order valence-corrected chi connectivity index (χ1v) is 14.4. The number of carbonyl (C=O) groups excluding carboxylic acids is 2. The third-order valence-corrected chi connectivity index (χ3v) is 8.50. The maximum Gasteiger partial charge on any atom is 0.338 e. The normalized spacial score (nSPS) is 18.7. The lowest BCUT2D eigenvalue weighted by Gasteiger charge is -2.26. The summed E-state index contributed by atoms with van der Waals surface area (Å²) >= 11 is 4.74. The van der Waals surface area contributed by atoms with E-state index < -0.39 is 23.5 Å². The number of allylic oxidation sites excluding steroid dienone is 1. The van der Waals surface area contributed by atoms with E-state index in [2.05, 4.69) is 26.0 Å². The summed E-state index contributed by atoms with van der Waals surface area (Å²) < 4.78 is 18.7. The number of hydrazone groups is 1. The molecule has 2 aromatic carbocycles. The lowest BCUT2D eigenvalue weighted by molar-refractivity contribution is -0.139. The molecule has 0 saturated heterocycles. The van der Waals surface area contributed by atoms with Crippen LogP contribution >= 0.6 is 27.3 Å². The van der Waals surface area contributed by atoms with Crippen LogP contribution in [-0.2, 0) is 14.3 Å². The van der Waals surface area contributed by atoms with Gasteiger partial charge in [0.05, 0.1) is 54.1 Å². The molecule has 12 heteroatoms. The number of hydrogen-bond donors (Lipinski definition) is 0. The number of para-hydroxylation sites is 1. The summed E-state index contributed by atoms with van der Waals surface area (Å²) in [6.45, 7) is 5.33. The van der Waals surface area contributed by atoms with Crippen molar-refractivity contribution in [1.82, 2.24) is 4.57 Å². The van der Waals surface area contributed by atoms with E-state index in [0.717, 1.165) is 11.3 Å². The average molecular weight is 640 g/mol. The second-order valence-corrected chi connectivity index (χ2v) is 11.1. The molecule has 41 heavy (non-hydrogen) atoms. The van der Waals surface area contributed by atoms with E-state index in [1.807, 2.05) is 18.2 Å². The molecule has 0 aliphatic carbocycles. The van der Waals surface area contributed by atoms with Crippen molar-refractivity contribution in [3.63, 3.8) is 0 Å². The Bertz CT molecular complexity index is 1790. The van der Waals surface area contributed by atoms with Gasteiger partial charge < -0.3 is 14.2 Å². The van der Waals surface area contributed by atoms with Gasteiger partial charge in [-0.1, -0.05) is 45.5 Å². The van der Waals surface area contributed by atoms with Crippen molar-refractivity contribution in [3.05, 3.63) is 83.5 Å². The minimum atomic E-state index is -0.878. The zero-order valence-electron chi connectivity index (χ0n) is 23.0. The van der Waals surface area contributed by atoms with Gasteiger partial charge in [0.2, 0.25) is 0 Å². The molecular weight excluding hydrogens is 612 g/mol. The number of hydrogen-bond acceptors (Lipinski definition) is 9. The van der Waals surface area contributed by atoms with Crippen molar-refractivity contribution in [3.8, 4) is 11.5 Å². The van der Waals surface area contributed by atoms with Crippen molar-refractivity contribution in [2.24, 2.45) is 16.0 Å². The lowest BCUT2D eigenvalue weighted by atomic mass is 9.95. The van der Waals surface area contributed by atoms with Crippen molar-refractivity contribution in [2.75, 3.05) is 25.8 Å². The van der Waals surface area contributed by atoms with Crippen molar-refractivity contribution >= 4 is 56.6 Å². The molecular formula is C29H27BrN4O6S. The molecule has 2 aliphatic heterocycles. The van der Waals surface area contributed by atoms with Gasteiger partial charge in [-0.15, -0.1) is 0 Å². The zero-order chi connectivity index (χ0) is 29.4. The first kappa shape index (κ1) is 28.5. The number of fused-ring (bicyclic) bond motifs is 1. The Labute approximate surface area is 248 Å². The van der Waals surface area contributed by atoms with Gasteiger partial charge in [0, 0.05) is 4.47 Å². The molecule has 3 heterocycles. The van der Waals surface area contributed by atoms with Crippen LogP contribution < -0.4 is 29.4 Å². The number of halogens is 1. The van der Waals surface area contributed by atoms with Crippen molar-refractivity contribution in [2.45, 2.75) is 26.8 Å². The number of anilines is 1. The Kier molecular flexibility index (Phi) is 7.96. The van der Waals surface area contributed by atoms with E-state index in [1.54, 1.807) is 51.1 Å². The van der Waals surface area contributed by atoms with Gasteiger partial charge in [-0.05, 0) is 56.7 Å². The van der Waals surface area contributed by atoms with E-state index in [0.29, 0.717) is 48.0 Å². The molecule has 2 aliphatic rings. The highest BCUT2D eigenvalue weighted by Crippen LogP contribution is 2.40. The van der Waals surface area contributed by atoms with Crippen LogP contribution in [-0.4, -0.2) is 43.0 Å². The van der Waals surface area contributed by atoms with Gasteiger partial charge in [0.15, 0.2) is 16.3 Å². The smallest absolute Gasteiger partial charge is 0.338 e. The van der Waals surface area contributed by atoms with E-state index in [1.165, 1.54) is 23.8 Å². The highest BCUT2D eigenvalue weighted by Gasteiger charge is 2.37. The summed E-state index contributed by atoms with van der Waals surface area (Å²) in [5, 5.41) is 5.79. The number of aromatic nitrogens is 1. The summed E-state index contributed by atoms with van der Waals surface area (Å²) in [6.07, 6.45) is 1.62. The molecule has 0 N–H and O–H groups in total. The van der Waals surface area contributed by atoms with E-state index in [-0.39, 0.29) is 18.1 Å². The van der Waals surface area contributed by atoms with Gasteiger partial charge in [0.25, 0.3) is 11.5 Å². The average Bonchev–Trinajstić information content (AvgIpc) is 3.42. The first-order chi connectivity index (χ1) is 19.7. The topological polar surface area (TPSA) is 112 Å². The Balaban J connectivity index is 1.68. The summed E-state index contributed by atoms with van der Waals surface area (Å²) in [5.74, 6) is -0.667. The fourth-order valence-electron chi connectivity index (χ4n) is 4.86. The van der Waals surface area contributed by atoms with Crippen LogP contribution in [0.4, 0.5) is 5.69 Å². The fourth-order valence-corrected chi connectivity index (χ4v) is 6.45. The molecule has 0 spiro atoms. The Morgan fingerprint density at radius 1 is 1.10 bits per heavy atom. The number of thiazole rings is 1. The largest absolute Gasteiger partial charge is 0.493 e. The summed E-state index contributed by atoms with van der Waals surface area (Å²) in [7, 11) is 3.03. The van der Waals surface area contributed by atoms with E-state index in [9.17, 15) is 14.4 Å². The molecule has 1 aromatic heterocycles. The second kappa shape index (κ2) is 11.5. The minimum Gasteiger partial charge on any atom is -0.493 e. The molecule has 3 aromatic rings. The molecule has 10 nitrogen and oxygen atoms in total. The lowest BCUT2D eigenvalue weighted by Crippen LogP contribution is -2.40. The van der Waals surface area contributed by atoms with Crippen LogP contribution in [0, 0.1) is 5.92 Å². The number of ether oxygens (including phenoxy) is 3. The number of methoxy groups -OCH3 is 2. The SMILES string of the molecule is CCOC(=O)C1=C(C)N=c2s/c(=C/[C@@H]3C(=O)N(c4ccccc4)N=C3C)c(=O)n2[C@H]1c1cc(OC)c(OC)cc1Br. The monoisotopic (exact) mass is 638 g/mol. The minimum absolute atomic E-state index is 0.153. The highest BCUT2D eigenvalue weighted by atomic mass is 79.9. The fraction of sp³-hybridized carbons (Fsp3) is 0.276. The van der Waals surface area contributed by atoms with Crippen LogP contribution in [0.25, 0.3) is 6.08 Å². The molecule has 0 saturated carbocycles. The highest BCUT2D eigenvalue weighted by molar-refractivity contribution is 9.10. The van der Waals surface area contributed by atoms with Crippen LogP contribution in [0.3, 0.4) is 0 Å². The van der Waals surface area contributed by atoms with Gasteiger partial charge in [-0.2, -0.15) is 10.1 Å². The van der Waals surface area contributed by atoms with Gasteiger partial charge >= 0.3 is 5.97 Å². The molecule has 0 fully saturated rings. The predicted molar refractivity (Wildman–Crippen MR) is 159 cm³/mol. The molecule has 1 amide bonds. The van der Waals surface area contributed by atoms with E-state index >= 15 is 0 Å². The van der Waals surface area contributed by atoms with Gasteiger partial charge in [0.1, 0.15) is 5.92 Å². The maximum atomic E-state index is 14.0. The molecule has 2 atom stereocenters. The molecule has 212 valence electrons. The molecule has 0 bridgehead atoms. The molecule has 0 unspecified atom stereocenters. The van der Waals surface area contributed by atoms with E-state index in [4.69, 9.17) is 14.2 Å². The quantitative estimate of drug-likeness (QED) is 0.366. The molecule has 5 rings (SSSR count). The summed E-state index contributed by atoms with van der Waals surface area (Å²) in [4.78, 5) is 45.6. The predicted octanol–water partition coefficient (Wildman–Crippen LogP) is 3.57.